The summed E-state index contributed by atoms with van der Waals surface area (Å²) in [5.74, 6) is 0.906. The van der Waals surface area contributed by atoms with Crippen molar-refractivity contribution in [3.8, 4) is 5.75 Å². The summed E-state index contributed by atoms with van der Waals surface area (Å²) < 4.78 is 6.05. The van der Waals surface area contributed by atoms with E-state index in [0.29, 0.717) is 6.54 Å². The first-order valence-corrected chi connectivity index (χ1v) is 6.37. The quantitative estimate of drug-likeness (QED) is 0.867. The van der Waals surface area contributed by atoms with Crippen LogP contribution >= 0.6 is 12.4 Å². The highest BCUT2D eigenvalue weighted by Crippen LogP contribution is 2.25. The number of para-hydroxylation sites is 1. The first-order chi connectivity index (χ1) is 8.90. The lowest BCUT2D eigenvalue weighted by molar-refractivity contribution is 0.192. The molecule has 2 aromatic carbocycles. The minimum absolute atomic E-state index is 0. The maximum absolute atomic E-state index is 6.05. The van der Waals surface area contributed by atoms with Gasteiger partial charge in [-0.3, -0.25) is 0 Å². The van der Waals surface area contributed by atoms with Gasteiger partial charge in [-0.25, -0.2) is 0 Å². The number of hydrogen-bond acceptors (Lipinski definition) is 2. The summed E-state index contributed by atoms with van der Waals surface area (Å²) in [7, 11) is 0. The predicted octanol–water partition coefficient (Wildman–Crippen LogP) is 3.97. The molecule has 2 nitrogen and oxygen atoms in total. The van der Waals surface area contributed by atoms with E-state index in [1.807, 2.05) is 48.5 Å². The average Bonchev–Trinajstić information content (AvgIpc) is 2.45. The molecule has 2 N–H and O–H groups in total. The third kappa shape index (κ3) is 4.93. The molecule has 19 heavy (non-hydrogen) atoms. The van der Waals surface area contributed by atoms with E-state index in [4.69, 9.17) is 10.5 Å². The number of hydrogen-bond donors (Lipinski definition) is 1. The molecule has 0 aromatic heterocycles. The molecule has 0 radical (unpaired) electrons. The second kappa shape index (κ2) is 8.57. The molecule has 0 heterocycles. The molecule has 0 bridgehead atoms. The zero-order chi connectivity index (χ0) is 12.6. The second-order valence-corrected chi connectivity index (χ2v) is 4.26. The minimum atomic E-state index is 0. The summed E-state index contributed by atoms with van der Waals surface area (Å²) in [5.41, 5.74) is 6.80. The van der Waals surface area contributed by atoms with Crippen molar-refractivity contribution in [3.05, 3.63) is 66.2 Å². The molecule has 2 rings (SSSR count). The van der Waals surface area contributed by atoms with Gasteiger partial charge in [0.1, 0.15) is 11.9 Å². The van der Waals surface area contributed by atoms with Crippen LogP contribution in [0.3, 0.4) is 0 Å². The summed E-state index contributed by atoms with van der Waals surface area (Å²) in [6, 6.07) is 20.2. The Morgan fingerprint density at radius 3 is 2.05 bits per heavy atom. The molecule has 1 atom stereocenters. The largest absolute Gasteiger partial charge is 0.486 e. The zero-order valence-electron chi connectivity index (χ0n) is 10.9. The molecule has 0 aliphatic heterocycles. The maximum Gasteiger partial charge on any atom is 0.124 e. The normalized spacial score (nSPS) is 11.4. The van der Waals surface area contributed by atoms with Crippen molar-refractivity contribution in [2.75, 3.05) is 6.54 Å². The van der Waals surface area contributed by atoms with Gasteiger partial charge in [0.25, 0.3) is 0 Å². The number of ether oxygens (including phenoxy) is 1. The van der Waals surface area contributed by atoms with Gasteiger partial charge >= 0.3 is 0 Å². The minimum Gasteiger partial charge on any atom is -0.486 e. The Hall–Kier alpha value is -1.51. The van der Waals surface area contributed by atoms with Crippen molar-refractivity contribution < 1.29 is 4.74 Å². The van der Waals surface area contributed by atoms with Crippen molar-refractivity contribution in [1.82, 2.24) is 0 Å². The summed E-state index contributed by atoms with van der Waals surface area (Å²) >= 11 is 0. The zero-order valence-corrected chi connectivity index (χ0v) is 11.7. The van der Waals surface area contributed by atoms with Gasteiger partial charge in [0.05, 0.1) is 0 Å². The predicted molar refractivity (Wildman–Crippen MR) is 81.8 cm³/mol. The van der Waals surface area contributed by atoms with Gasteiger partial charge in [-0.2, -0.15) is 0 Å². The van der Waals surface area contributed by atoms with Gasteiger partial charge in [-0.15, -0.1) is 12.4 Å². The van der Waals surface area contributed by atoms with Crippen LogP contribution in [0.5, 0.6) is 5.75 Å². The van der Waals surface area contributed by atoms with E-state index in [9.17, 15) is 0 Å². The number of benzene rings is 2. The Bertz CT molecular complexity index is 447. The van der Waals surface area contributed by atoms with E-state index in [0.717, 1.165) is 18.6 Å². The lowest BCUT2D eigenvalue weighted by Crippen LogP contribution is -2.10. The highest BCUT2D eigenvalue weighted by Gasteiger charge is 2.12. The molecule has 0 spiro atoms. The van der Waals surface area contributed by atoms with Gasteiger partial charge in [0, 0.05) is 0 Å². The second-order valence-electron chi connectivity index (χ2n) is 4.26. The Balaban J connectivity index is 0.00000180. The Kier molecular flexibility index (Phi) is 7.01. The summed E-state index contributed by atoms with van der Waals surface area (Å²) in [5, 5.41) is 0. The number of nitrogens with two attached hydrogens (primary N) is 1. The molecule has 2 aromatic rings. The third-order valence-electron chi connectivity index (χ3n) is 2.86. The first-order valence-electron chi connectivity index (χ1n) is 6.37. The molecular weight excluding hydrogens is 258 g/mol. The Labute approximate surface area is 121 Å². The third-order valence-corrected chi connectivity index (χ3v) is 2.86. The van der Waals surface area contributed by atoms with E-state index in [1.54, 1.807) is 0 Å². The maximum atomic E-state index is 6.05. The average molecular weight is 278 g/mol. The van der Waals surface area contributed by atoms with Crippen LogP contribution in [-0.4, -0.2) is 6.54 Å². The lowest BCUT2D eigenvalue weighted by Gasteiger charge is -2.19. The van der Waals surface area contributed by atoms with Crippen molar-refractivity contribution in [2.24, 2.45) is 5.73 Å². The summed E-state index contributed by atoms with van der Waals surface area (Å²) in [6.07, 6.45) is 1.99. The molecular formula is C16H20ClNO. The molecule has 102 valence electrons. The molecule has 0 amide bonds. The molecule has 3 heteroatoms. The van der Waals surface area contributed by atoms with Gasteiger partial charge in [0.2, 0.25) is 0 Å². The van der Waals surface area contributed by atoms with E-state index in [-0.39, 0.29) is 18.5 Å². The lowest BCUT2D eigenvalue weighted by atomic mass is 10.0. The van der Waals surface area contributed by atoms with Gasteiger partial charge in [-0.05, 0) is 37.1 Å². The summed E-state index contributed by atoms with van der Waals surface area (Å²) in [4.78, 5) is 0. The molecule has 0 fully saturated rings. The molecule has 0 aliphatic rings. The summed E-state index contributed by atoms with van der Waals surface area (Å²) in [6.45, 7) is 0.696. The number of rotatable bonds is 6. The van der Waals surface area contributed by atoms with E-state index < -0.39 is 0 Å². The molecule has 0 saturated heterocycles. The highest BCUT2D eigenvalue weighted by molar-refractivity contribution is 5.85. The first kappa shape index (κ1) is 15.5. The SMILES string of the molecule is Cl.NCCCC(Oc1ccccc1)c1ccccc1. The van der Waals surface area contributed by atoms with Crippen LogP contribution < -0.4 is 10.5 Å². The monoisotopic (exact) mass is 277 g/mol. The Morgan fingerprint density at radius 1 is 0.895 bits per heavy atom. The fourth-order valence-corrected chi connectivity index (χ4v) is 1.93. The van der Waals surface area contributed by atoms with Crippen LogP contribution in [0.2, 0.25) is 0 Å². The van der Waals surface area contributed by atoms with Crippen LogP contribution in [0.15, 0.2) is 60.7 Å². The van der Waals surface area contributed by atoms with Crippen molar-refractivity contribution >= 4 is 12.4 Å². The molecule has 0 aliphatic carbocycles. The van der Waals surface area contributed by atoms with Gasteiger partial charge < -0.3 is 10.5 Å². The van der Waals surface area contributed by atoms with Crippen LogP contribution in [0.25, 0.3) is 0 Å². The van der Waals surface area contributed by atoms with Crippen LogP contribution in [-0.2, 0) is 0 Å². The highest BCUT2D eigenvalue weighted by atomic mass is 35.5. The number of halogens is 1. The molecule has 0 saturated carbocycles. The molecule has 1 unspecified atom stereocenters. The van der Waals surface area contributed by atoms with E-state index in [1.165, 1.54) is 5.56 Å². The standard InChI is InChI=1S/C16H19NO.ClH/c17-13-7-12-16(14-8-3-1-4-9-14)18-15-10-5-2-6-11-15;/h1-6,8-11,16H,7,12-13,17H2;1H. The van der Waals surface area contributed by atoms with Crippen LogP contribution in [0.1, 0.15) is 24.5 Å². The van der Waals surface area contributed by atoms with Crippen LogP contribution in [0.4, 0.5) is 0 Å². The Morgan fingerprint density at radius 2 is 1.47 bits per heavy atom. The van der Waals surface area contributed by atoms with Crippen LogP contribution in [0, 0.1) is 0 Å². The van der Waals surface area contributed by atoms with Gasteiger partial charge in [0.15, 0.2) is 0 Å². The van der Waals surface area contributed by atoms with Crippen molar-refractivity contribution in [1.29, 1.82) is 0 Å². The van der Waals surface area contributed by atoms with Crippen molar-refractivity contribution in [2.45, 2.75) is 18.9 Å². The van der Waals surface area contributed by atoms with Crippen molar-refractivity contribution in [3.63, 3.8) is 0 Å². The fraction of sp³-hybridized carbons (Fsp3) is 0.250. The topological polar surface area (TPSA) is 35.2 Å². The van der Waals surface area contributed by atoms with E-state index in [2.05, 4.69) is 12.1 Å². The smallest absolute Gasteiger partial charge is 0.124 e. The van der Waals surface area contributed by atoms with E-state index >= 15 is 0 Å². The van der Waals surface area contributed by atoms with Gasteiger partial charge in [-0.1, -0.05) is 48.5 Å². The fourth-order valence-electron chi connectivity index (χ4n) is 1.93.